The minimum absolute atomic E-state index is 0.199. The number of carbonyl (C=O) groups excluding carboxylic acids is 3. The molecule has 0 fully saturated rings. The Kier molecular flexibility index (Phi) is 13.1. The van der Waals surface area contributed by atoms with Crippen LogP contribution in [0.1, 0.15) is 47.8 Å². The number of rotatable bonds is 4. The zero-order chi connectivity index (χ0) is 24.8. The van der Waals surface area contributed by atoms with Crippen molar-refractivity contribution in [3.8, 4) is 0 Å². The second kappa shape index (κ2) is 14.7. The number of aromatic amines is 1. The molecule has 9 heteroatoms. The van der Waals surface area contributed by atoms with Crippen molar-refractivity contribution in [2.45, 2.75) is 46.6 Å². The molecular weight excluding hydrogens is 417 g/mol. The van der Waals surface area contributed by atoms with Gasteiger partial charge in [-0.05, 0) is 69.5 Å². The van der Waals surface area contributed by atoms with Crippen molar-refractivity contribution >= 4 is 35.9 Å². The summed E-state index contributed by atoms with van der Waals surface area (Å²) in [7, 11) is 1.00. The van der Waals surface area contributed by atoms with Gasteiger partial charge in [0.25, 0.3) is 5.91 Å². The van der Waals surface area contributed by atoms with Crippen LogP contribution in [0.2, 0.25) is 0 Å². The average Bonchev–Trinajstić information content (AvgIpc) is 3.19. The zero-order valence-corrected chi connectivity index (χ0v) is 19.0. The standard InChI is InChI=1S/C16H15FN2O.C5H10O2.CH3NO.CH4O/c1-8-9(2)15(18-10(8)3)7-13-12-6-11(17)4-5-14(12)19-16(13)20;1-5(7)3-2-4-6;2-1-3;1-2/h4-7,18H,1-3H3,(H,19,20);4-5,7H,2-3H2,1H3;1H,(H2,2,3);2H,1H3/b13-7-;;;. The molecule has 0 saturated heterocycles. The molecule has 32 heavy (non-hydrogen) atoms. The fourth-order valence-corrected chi connectivity index (χ4v) is 2.77. The van der Waals surface area contributed by atoms with Gasteiger partial charge < -0.3 is 31.0 Å². The number of aromatic nitrogens is 1. The van der Waals surface area contributed by atoms with Crippen LogP contribution in [0.5, 0.6) is 0 Å². The highest BCUT2D eigenvalue weighted by molar-refractivity contribution is 6.34. The molecule has 0 aliphatic carbocycles. The van der Waals surface area contributed by atoms with Crippen molar-refractivity contribution in [2.75, 3.05) is 12.4 Å². The number of nitrogens with two attached hydrogens (primary N) is 1. The van der Waals surface area contributed by atoms with Crippen molar-refractivity contribution in [3.05, 3.63) is 52.1 Å². The summed E-state index contributed by atoms with van der Waals surface area (Å²) in [4.78, 5) is 33.5. The molecule has 1 aromatic heterocycles. The fraction of sp³-hybridized carbons (Fsp3) is 0.348. The molecule has 8 nitrogen and oxygen atoms in total. The first-order valence-corrected chi connectivity index (χ1v) is 9.86. The Labute approximate surface area is 187 Å². The first kappa shape index (κ1) is 28.7. The van der Waals surface area contributed by atoms with Gasteiger partial charge >= 0.3 is 0 Å². The lowest BCUT2D eigenvalue weighted by Crippen LogP contribution is -2.03. The Hall–Kier alpha value is -3.30. The van der Waals surface area contributed by atoms with Crippen molar-refractivity contribution in [1.82, 2.24) is 4.98 Å². The summed E-state index contributed by atoms with van der Waals surface area (Å²) in [5, 5.41) is 18.3. The number of aliphatic hydroxyl groups excluding tert-OH is 2. The first-order chi connectivity index (χ1) is 15.2. The number of aliphatic hydroxyl groups is 2. The highest BCUT2D eigenvalue weighted by atomic mass is 19.1. The van der Waals surface area contributed by atoms with E-state index in [0.29, 0.717) is 29.7 Å². The zero-order valence-electron chi connectivity index (χ0n) is 19.0. The number of hydrogen-bond donors (Lipinski definition) is 5. The first-order valence-electron chi connectivity index (χ1n) is 9.86. The summed E-state index contributed by atoms with van der Waals surface area (Å²) >= 11 is 0. The lowest BCUT2D eigenvalue weighted by atomic mass is 10.0. The molecule has 1 unspecified atom stereocenters. The molecule has 2 aromatic rings. The Morgan fingerprint density at radius 2 is 1.75 bits per heavy atom. The van der Waals surface area contributed by atoms with Crippen molar-refractivity contribution in [1.29, 1.82) is 0 Å². The number of anilines is 1. The van der Waals surface area contributed by atoms with Crippen LogP contribution in [-0.4, -0.2) is 47.0 Å². The molecular formula is C23H32FN3O5. The maximum absolute atomic E-state index is 13.4. The van der Waals surface area contributed by atoms with Gasteiger partial charge in [-0.1, -0.05) is 0 Å². The van der Waals surface area contributed by atoms with E-state index in [-0.39, 0.29) is 24.2 Å². The van der Waals surface area contributed by atoms with Gasteiger partial charge in [0, 0.05) is 36.2 Å². The maximum Gasteiger partial charge on any atom is 0.256 e. The Morgan fingerprint density at radius 3 is 2.19 bits per heavy atom. The smallest absolute Gasteiger partial charge is 0.256 e. The third-order valence-corrected chi connectivity index (χ3v) is 4.61. The van der Waals surface area contributed by atoms with Crippen LogP contribution in [0, 0.1) is 26.6 Å². The number of hydrogen-bond acceptors (Lipinski definition) is 5. The summed E-state index contributed by atoms with van der Waals surface area (Å²) in [5.74, 6) is -0.545. The number of fused-ring (bicyclic) bond motifs is 1. The lowest BCUT2D eigenvalue weighted by Gasteiger charge is -1.99. The van der Waals surface area contributed by atoms with Crippen LogP contribution in [0.15, 0.2) is 18.2 Å². The molecule has 1 aliphatic rings. The second-order valence-electron chi connectivity index (χ2n) is 6.84. The molecule has 0 radical (unpaired) electrons. The number of halogens is 1. The van der Waals surface area contributed by atoms with E-state index in [4.69, 9.17) is 15.0 Å². The summed E-state index contributed by atoms with van der Waals surface area (Å²) in [6.07, 6.45) is 3.58. The number of aryl methyl sites for hydroxylation is 1. The molecule has 2 heterocycles. The molecule has 2 amide bonds. The average molecular weight is 450 g/mol. The third-order valence-electron chi connectivity index (χ3n) is 4.61. The lowest BCUT2D eigenvalue weighted by molar-refractivity contribution is -0.111. The van der Waals surface area contributed by atoms with E-state index in [1.807, 2.05) is 20.8 Å². The van der Waals surface area contributed by atoms with Crippen LogP contribution < -0.4 is 11.1 Å². The monoisotopic (exact) mass is 449 g/mol. The second-order valence-corrected chi connectivity index (χ2v) is 6.84. The summed E-state index contributed by atoms with van der Waals surface area (Å²) in [6, 6.07) is 4.31. The number of primary amides is 1. The number of amides is 2. The molecule has 0 saturated carbocycles. The Bertz CT molecular complexity index is 936. The van der Waals surface area contributed by atoms with Gasteiger partial charge in [-0.3, -0.25) is 9.59 Å². The summed E-state index contributed by atoms with van der Waals surface area (Å²) in [5.41, 5.74) is 10.2. The van der Waals surface area contributed by atoms with Gasteiger partial charge in [0.05, 0.1) is 11.7 Å². The molecule has 3 rings (SSSR count). The maximum atomic E-state index is 13.4. The van der Waals surface area contributed by atoms with Crippen LogP contribution in [-0.2, 0) is 14.4 Å². The molecule has 0 spiro atoms. The van der Waals surface area contributed by atoms with Crippen molar-refractivity contribution < 1.29 is 29.0 Å². The van der Waals surface area contributed by atoms with E-state index < -0.39 is 0 Å². The van der Waals surface area contributed by atoms with Crippen LogP contribution in [0.25, 0.3) is 11.6 Å². The number of nitrogens with one attached hydrogen (secondary N) is 2. The quantitative estimate of drug-likeness (QED) is 0.360. The highest BCUT2D eigenvalue weighted by Gasteiger charge is 2.25. The Morgan fingerprint density at radius 1 is 1.16 bits per heavy atom. The molecule has 176 valence electrons. The predicted molar refractivity (Wildman–Crippen MR) is 123 cm³/mol. The summed E-state index contributed by atoms with van der Waals surface area (Å²) < 4.78 is 13.4. The van der Waals surface area contributed by atoms with Crippen molar-refractivity contribution in [3.63, 3.8) is 0 Å². The van der Waals surface area contributed by atoms with Gasteiger partial charge in [0.2, 0.25) is 6.41 Å². The van der Waals surface area contributed by atoms with Crippen LogP contribution >= 0.6 is 0 Å². The van der Waals surface area contributed by atoms with Gasteiger partial charge in [-0.15, -0.1) is 0 Å². The van der Waals surface area contributed by atoms with E-state index in [0.717, 1.165) is 30.3 Å². The van der Waals surface area contributed by atoms with Gasteiger partial charge in [0.1, 0.15) is 12.1 Å². The topological polar surface area (TPSA) is 146 Å². The number of aldehydes is 1. The number of H-pyrrole nitrogens is 1. The normalized spacial score (nSPS) is 13.2. The van der Waals surface area contributed by atoms with E-state index in [9.17, 15) is 14.0 Å². The van der Waals surface area contributed by atoms with E-state index >= 15 is 0 Å². The van der Waals surface area contributed by atoms with Gasteiger partial charge in [-0.25, -0.2) is 4.39 Å². The van der Waals surface area contributed by atoms with E-state index in [1.54, 1.807) is 19.1 Å². The molecule has 1 aliphatic heterocycles. The van der Waals surface area contributed by atoms with E-state index in [2.05, 4.69) is 16.0 Å². The molecule has 0 bridgehead atoms. The third kappa shape index (κ3) is 8.44. The van der Waals surface area contributed by atoms with Crippen LogP contribution in [0.4, 0.5) is 10.1 Å². The number of carbonyl (C=O) groups is 3. The van der Waals surface area contributed by atoms with Gasteiger partial charge in [0.15, 0.2) is 0 Å². The molecule has 6 N–H and O–H groups in total. The number of benzene rings is 1. The minimum Gasteiger partial charge on any atom is -0.400 e. The minimum atomic E-state index is -0.346. The van der Waals surface area contributed by atoms with E-state index in [1.165, 1.54) is 17.7 Å². The molecule has 1 atom stereocenters. The SMILES string of the molecule is CC(O)CCC=O.CO.Cc1[nH]c(/C=C2\C(=O)Nc3ccc(F)cc32)c(C)c1C.NC=O. The fourth-order valence-electron chi connectivity index (χ4n) is 2.77. The molecule has 1 aromatic carbocycles. The Balaban J connectivity index is 0.000000674. The summed E-state index contributed by atoms with van der Waals surface area (Å²) in [6.45, 7) is 7.70. The van der Waals surface area contributed by atoms with Crippen LogP contribution in [0.3, 0.4) is 0 Å². The largest absolute Gasteiger partial charge is 0.400 e. The van der Waals surface area contributed by atoms with Gasteiger partial charge in [-0.2, -0.15) is 0 Å². The predicted octanol–water partition coefficient (Wildman–Crippen LogP) is 2.63. The highest BCUT2D eigenvalue weighted by Crippen LogP contribution is 2.34. The van der Waals surface area contributed by atoms with Crippen molar-refractivity contribution in [2.24, 2.45) is 5.73 Å².